The van der Waals surface area contributed by atoms with E-state index in [1.54, 1.807) is 36.4 Å². The molecule has 0 fully saturated rings. The van der Waals surface area contributed by atoms with Gasteiger partial charge in [0.05, 0.1) is 10.6 Å². The normalized spacial score (nSPS) is 11.7. The number of aryl methyl sites for hydroxylation is 3. The lowest BCUT2D eigenvalue weighted by molar-refractivity contribution is -0.114. The Kier molecular flexibility index (Phi) is 6.95. The van der Waals surface area contributed by atoms with E-state index in [0.29, 0.717) is 17.8 Å². The molecule has 38 heavy (non-hydrogen) atoms. The topological polar surface area (TPSA) is 71.4 Å². The van der Waals surface area contributed by atoms with Gasteiger partial charge in [0, 0.05) is 34.0 Å². The Morgan fingerprint density at radius 1 is 0.842 bits per heavy atom. The molecule has 0 bridgehead atoms. The molecule has 7 heteroatoms. The highest BCUT2D eigenvalue weighted by Crippen LogP contribution is 2.32. The molecule has 1 N–H and O–H groups in total. The summed E-state index contributed by atoms with van der Waals surface area (Å²) in [5.74, 6) is -0.412. The maximum Gasteiger partial charge on any atom is 0.264 e. The number of fused-ring (bicyclic) bond motifs is 3. The van der Waals surface area contributed by atoms with Crippen LogP contribution in [0.1, 0.15) is 25.0 Å². The van der Waals surface area contributed by atoms with E-state index in [1.807, 2.05) is 56.3 Å². The van der Waals surface area contributed by atoms with Crippen molar-refractivity contribution in [3.05, 3.63) is 102 Å². The van der Waals surface area contributed by atoms with Crippen molar-refractivity contribution < 1.29 is 13.2 Å². The van der Waals surface area contributed by atoms with Crippen LogP contribution in [-0.2, 0) is 27.8 Å². The monoisotopic (exact) mass is 525 g/mol. The maximum atomic E-state index is 13.8. The van der Waals surface area contributed by atoms with Crippen molar-refractivity contribution in [2.45, 2.75) is 38.6 Å². The largest absolute Gasteiger partial charge is 0.341 e. The van der Waals surface area contributed by atoms with Gasteiger partial charge >= 0.3 is 0 Å². The van der Waals surface area contributed by atoms with Gasteiger partial charge in [-0.15, -0.1) is 0 Å². The van der Waals surface area contributed by atoms with Crippen molar-refractivity contribution in [1.29, 1.82) is 0 Å². The molecule has 0 saturated carbocycles. The van der Waals surface area contributed by atoms with Crippen LogP contribution in [-0.4, -0.2) is 25.4 Å². The first kappa shape index (κ1) is 25.5. The summed E-state index contributed by atoms with van der Waals surface area (Å²) in [4.78, 5) is 13.5. The molecular weight excluding hydrogens is 494 g/mol. The lowest BCUT2D eigenvalue weighted by Crippen LogP contribution is -2.38. The number of aromatic nitrogens is 1. The third kappa shape index (κ3) is 4.65. The first-order valence-electron chi connectivity index (χ1n) is 12.8. The Hall–Kier alpha value is -4.10. The van der Waals surface area contributed by atoms with Crippen molar-refractivity contribution in [2.75, 3.05) is 16.2 Å². The lowest BCUT2D eigenvalue weighted by atomic mass is 10.1. The Morgan fingerprint density at radius 2 is 1.53 bits per heavy atom. The standard InChI is InChI=1S/C31H31N3O3S/c1-4-23-10-6-8-12-28(23)34(38(36,37)25-17-14-22(3)15-18-25)21-31(35)32-24-16-19-30-27(20-24)26-11-7-9-13-29(26)33(30)5-2/h6-20H,4-5,21H2,1-3H3,(H,32,35). The molecule has 0 unspecified atom stereocenters. The van der Waals surface area contributed by atoms with E-state index in [0.717, 1.165) is 39.5 Å². The summed E-state index contributed by atoms with van der Waals surface area (Å²) in [6.07, 6.45) is 0.635. The van der Waals surface area contributed by atoms with E-state index in [2.05, 4.69) is 28.9 Å². The minimum absolute atomic E-state index is 0.149. The summed E-state index contributed by atoms with van der Waals surface area (Å²) in [5.41, 5.74) is 5.17. The minimum Gasteiger partial charge on any atom is -0.341 e. The molecule has 1 amide bonds. The SMILES string of the molecule is CCc1ccccc1N(CC(=O)Nc1ccc2c(c1)c1ccccc1n2CC)S(=O)(=O)c1ccc(C)cc1. The molecule has 4 aromatic carbocycles. The fraction of sp³-hybridized carbons (Fsp3) is 0.194. The molecule has 6 nitrogen and oxygen atoms in total. The molecule has 194 valence electrons. The molecule has 0 aliphatic carbocycles. The van der Waals surface area contributed by atoms with E-state index in [4.69, 9.17) is 0 Å². The maximum absolute atomic E-state index is 13.8. The van der Waals surface area contributed by atoms with Crippen LogP contribution in [0.2, 0.25) is 0 Å². The number of hydrogen-bond donors (Lipinski definition) is 1. The fourth-order valence-electron chi connectivity index (χ4n) is 4.99. The van der Waals surface area contributed by atoms with Gasteiger partial charge in [-0.3, -0.25) is 9.10 Å². The number of benzene rings is 4. The van der Waals surface area contributed by atoms with Gasteiger partial charge in [-0.05, 0) is 68.3 Å². The zero-order valence-electron chi connectivity index (χ0n) is 21.8. The van der Waals surface area contributed by atoms with Gasteiger partial charge in [-0.1, -0.05) is 61.0 Å². The van der Waals surface area contributed by atoms with Crippen molar-refractivity contribution in [2.24, 2.45) is 0 Å². The van der Waals surface area contributed by atoms with Gasteiger partial charge < -0.3 is 9.88 Å². The summed E-state index contributed by atoms with van der Waals surface area (Å²) in [5, 5.41) is 5.10. The second-order valence-corrected chi connectivity index (χ2v) is 11.2. The second-order valence-electron chi connectivity index (χ2n) is 9.35. The van der Waals surface area contributed by atoms with Crippen LogP contribution in [0.4, 0.5) is 11.4 Å². The van der Waals surface area contributed by atoms with Crippen LogP contribution in [0.15, 0.2) is 95.9 Å². The number of nitrogens with one attached hydrogen (secondary N) is 1. The molecular formula is C31H31N3O3S. The van der Waals surface area contributed by atoms with Crippen LogP contribution in [0, 0.1) is 6.92 Å². The molecule has 5 rings (SSSR count). The summed E-state index contributed by atoms with van der Waals surface area (Å²) in [7, 11) is -3.99. The molecule has 5 aromatic rings. The van der Waals surface area contributed by atoms with Crippen molar-refractivity contribution in [3.63, 3.8) is 0 Å². The van der Waals surface area contributed by atoms with Gasteiger partial charge in [-0.2, -0.15) is 0 Å². The van der Waals surface area contributed by atoms with Crippen molar-refractivity contribution >= 4 is 49.1 Å². The number of anilines is 2. The van der Waals surface area contributed by atoms with Gasteiger partial charge in [0.2, 0.25) is 5.91 Å². The summed E-state index contributed by atoms with van der Waals surface area (Å²) >= 11 is 0. The van der Waals surface area contributed by atoms with E-state index >= 15 is 0 Å². The average Bonchev–Trinajstić information content (AvgIpc) is 3.25. The summed E-state index contributed by atoms with van der Waals surface area (Å²) < 4.78 is 31.1. The van der Waals surface area contributed by atoms with Gasteiger partial charge in [0.1, 0.15) is 6.54 Å². The first-order valence-corrected chi connectivity index (χ1v) is 14.3. The van der Waals surface area contributed by atoms with Crippen LogP contribution in [0.25, 0.3) is 21.8 Å². The third-order valence-electron chi connectivity index (χ3n) is 6.91. The fourth-order valence-corrected chi connectivity index (χ4v) is 6.45. The van der Waals surface area contributed by atoms with E-state index in [1.165, 1.54) is 4.31 Å². The van der Waals surface area contributed by atoms with E-state index in [9.17, 15) is 13.2 Å². The quantitative estimate of drug-likeness (QED) is 0.251. The van der Waals surface area contributed by atoms with Gasteiger partial charge in [0.25, 0.3) is 10.0 Å². The zero-order valence-corrected chi connectivity index (χ0v) is 22.6. The van der Waals surface area contributed by atoms with Crippen LogP contribution >= 0.6 is 0 Å². The van der Waals surface area contributed by atoms with E-state index in [-0.39, 0.29) is 11.4 Å². The molecule has 0 spiro atoms. The molecule has 0 atom stereocenters. The Bertz CT molecular complexity index is 1740. The number of para-hydroxylation sites is 2. The number of carbonyl (C=O) groups is 1. The van der Waals surface area contributed by atoms with Crippen molar-refractivity contribution in [1.82, 2.24) is 4.57 Å². The highest BCUT2D eigenvalue weighted by atomic mass is 32.2. The Morgan fingerprint density at radius 3 is 2.26 bits per heavy atom. The van der Waals surface area contributed by atoms with Gasteiger partial charge in [0.15, 0.2) is 0 Å². The van der Waals surface area contributed by atoms with Crippen LogP contribution in [0.3, 0.4) is 0 Å². The smallest absolute Gasteiger partial charge is 0.264 e. The van der Waals surface area contributed by atoms with E-state index < -0.39 is 15.9 Å². The number of sulfonamides is 1. The number of amides is 1. The second kappa shape index (κ2) is 10.3. The summed E-state index contributed by atoms with van der Waals surface area (Å²) in [6.45, 7) is 6.47. The van der Waals surface area contributed by atoms with Crippen molar-refractivity contribution in [3.8, 4) is 0 Å². The minimum atomic E-state index is -3.99. The number of carbonyl (C=O) groups excluding carboxylic acids is 1. The number of rotatable bonds is 8. The molecule has 0 aliphatic heterocycles. The van der Waals surface area contributed by atoms with Crippen LogP contribution in [0.5, 0.6) is 0 Å². The zero-order chi connectivity index (χ0) is 26.9. The van der Waals surface area contributed by atoms with Gasteiger partial charge in [-0.25, -0.2) is 8.42 Å². The Labute approximate surface area is 223 Å². The molecule has 0 radical (unpaired) electrons. The number of hydrogen-bond acceptors (Lipinski definition) is 3. The van der Waals surface area contributed by atoms with Crippen LogP contribution < -0.4 is 9.62 Å². The average molecular weight is 526 g/mol. The molecule has 1 aromatic heterocycles. The molecule has 0 saturated heterocycles. The molecule has 1 heterocycles. The predicted octanol–water partition coefficient (Wildman–Crippen LogP) is 6.52. The predicted molar refractivity (Wildman–Crippen MR) is 155 cm³/mol. The lowest BCUT2D eigenvalue weighted by Gasteiger charge is -2.26. The Balaban J connectivity index is 1.50. The number of nitrogens with zero attached hydrogens (tertiary/aromatic N) is 2. The summed E-state index contributed by atoms with van der Waals surface area (Å²) in [6, 6.07) is 28.0. The first-order chi connectivity index (χ1) is 18.3. The highest BCUT2D eigenvalue weighted by molar-refractivity contribution is 7.92. The highest BCUT2D eigenvalue weighted by Gasteiger charge is 2.28. The molecule has 0 aliphatic rings. The third-order valence-corrected chi connectivity index (χ3v) is 8.68.